The molecular formula is C52H73N5O8. The minimum absolute atomic E-state index is 0.0149. The second kappa shape index (κ2) is 23.3. The van der Waals surface area contributed by atoms with Gasteiger partial charge in [-0.25, -0.2) is 4.79 Å². The second-order valence-electron chi connectivity index (χ2n) is 18.9. The molecule has 0 saturated carbocycles. The van der Waals surface area contributed by atoms with Gasteiger partial charge in [-0.3, -0.25) is 19.2 Å². The topological polar surface area (TPSA) is 156 Å². The summed E-state index contributed by atoms with van der Waals surface area (Å²) in [6, 6.07) is 24.5. The highest BCUT2D eigenvalue weighted by molar-refractivity contribution is 5.90. The molecule has 0 radical (unpaired) electrons. The lowest BCUT2D eigenvalue weighted by molar-refractivity contribution is -0.148. The van der Waals surface area contributed by atoms with Crippen LogP contribution >= 0.6 is 0 Å². The van der Waals surface area contributed by atoms with Crippen molar-refractivity contribution in [2.75, 3.05) is 47.5 Å². The molecule has 354 valence electrons. The maximum atomic E-state index is 14.5. The van der Waals surface area contributed by atoms with E-state index in [0.29, 0.717) is 32.4 Å². The van der Waals surface area contributed by atoms with Crippen LogP contribution in [-0.4, -0.2) is 117 Å². The third-order valence-corrected chi connectivity index (χ3v) is 13.7. The number of likely N-dealkylation sites (tertiary alicyclic amines) is 1. The molecule has 7 atom stereocenters. The van der Waals surface area contributed by atoms with E-state index in [1.807, 2.05) is 94.1 Å². The van der Waals surface area contributed by atoms with E-state index in [0.717, 1.165) is 34.2 Å². The van der Waals surface area contributed by atoms with Crippen LogP contribution in [0.5, 0.6) is 0 Å². The first-order valence-electron chi connectivity index (χ1n) is 23.4. The van der Waals surface area contributed by atoms with Gasteiger partial charge in [0.2, 0.25) is 23.6 Å². The molecule has 3 N–H and O–H groups in total. The van der Waals surface area contributed by atoms with Gasteiger partial charge in [0.25, 0.3) is 0 Å². The van der Waals surface area contributed by atoms with Crippen LogP contribution in [0.25, 0.3) is 11.1 Å². The standard InChI is InChI=1S/C52H73N5O8/c1-11-34(4)46(43(63-9)30-44(58)57-29-19-26-42(57)47(64-10)35(5)48(59)53-28-27-36-20-13-12-14-21-36)56(8)49(60)45(33(2)3)55-50(61)52(6,7)32-54-51(62)65-31-41-39-24-17-15-22-37(39)38-23-16-18-25-40(38)41/h12-18,20-25,33-35,41-43,45-47H,11,19,26-32H2,1-10H3,(H,53,59)(H,54,62)(H,55,61)/t34-,35+,42-,43+,45-,46-,47+/m0/s1. The number of methoxy groups -OCH3 is 2. The maximum Gasteiger partial charge on any atom is 0.407 e. The minimum Gasteiger partial charge on any atom is -0.449 e. The Bertz CT molecular complexity index is 2030. The van der Waals surface area contributed by atoms with Gasteiger partial charge < -0.3 is 40.0 Å². The van der Waals surface area contributed by atoms with Crippen molar-refractivity contribution in [1.29, 1.82) is 0 Å². The van der Waals surface area contributed by atoms with E-state index < -0.39 is 47.6 Å². The molecule has 65 heavy (non-hydrogen) atoms. The molecule has 0 bridgehead atoms. The first-order valence-corrected chi connectivity index (χ1v) is 23.4. The van der Waals surface area contributed by atoms with Crippen LogP contribution in [0.3, 0.4) is 0 Å². The predicted molar refractivity (Wildman–Crippen MR) is 253 cm³/mol. The lowest BCUT2D eigenvalue weighted by Crippen LogP contribution is -2.59. The summed E-state index contributed by atoms with van der Waals surface area (Å²) in [6.45, 7) is 14.2. The molecule has 1 aliphatic carbocycles. The van der Waals surface area contributed by atoms with E-state index in [1.165, 1.54) is 0 Å². The third-order valence-electron chi connectivity index (χ3n) is 13.7. The third kappa shape index (κ3) is 12.3. The Labute approximate surface area is 386 Å². The molecule has 0 unspecified atom stereocenters. The average molecular weight is 896 g/mol. The molecule has 13 heteroatoms. The van der Waals surface area contributed by atoms with Crippen LogP contribution in [-0.2, 0) is 39.8 Å². The van der Waals surface area contributed by atoms with Crippen molar-refractivity contribution in [2.24, 2.45) is 23.2 Å². The Morgan fingerprint density at radius 3 is 2.05 bits per heavy atom. The quantitative estimate of drug-likeness (QED) is 0.0978. The van der Waals surface area contributed by atoms with Gasteiger partial charge in [-0.1, -0.05) is 120 Å². The summed E-state index contributed by atoms with van der Waals surface area (Å²) in [5.41, 5.74) is 4.51. The number of fused-ring (bicyclic) bond motifs is 3. The summed E-state index contributed by atoms with van der Waals surface area (Å²) in [7, 11) is 4.85. The zero-order valence-corrected chi connectivity index (χ0v) is 40.2. The highest BCUT2D eigenvalue weighted by Crippen LogP contribution is 2.44. The van der Waals surface area contributed by atoms with E-state index in [1.54, 1.807) is 40.0 Å². The lowest BCUT2D eigenvalue weighted by Gasteiger charge is -2.41. The monoisotopic (exact) mass is 896 g/mol. The van der Waals surface area contributed by atoms with Crippen molar-refractivity contribution in [3.63, 3.8) is 0 Å². The number of amides is 5. The van der Waals surface area contributed by atoms with Gasteiger partial charge >= 0.3 is 6.09 Å². The highest BCUT2D eigenvalue weighted by atomic mass is 16.5. The molecule has 1 heterocycles. The Kier molecular flexibility index (Phi) is 18.2. The number of alkyl carbamates (subject to hydrolysis) is 1. The van der Waals surface area contributed by atoms with Crippen LogP contribution in [0.2, 0.25) is 0 Å². The first-order chi connectivity index (χ1) is 31.0. The van der Waals surface area contributed by atoms with Crippen molar-refractivity contribution in [3.8, 4) is 11.1 Å². The van der Waals surface area contributed by atoms with E-state index in [4.69, 9.17) is 14.2 Å². The zero-order valence-electron chi connectivity index (χ0n) is 40.2. The molecule has 5 rings (SSSR count). The normalized spacial score (nSPS) is 17.5. The van der Waals surface area contributed by atoms with Gasteiger partial charge in [0.15, 0.2) is 0 Å². The molecule has 0 spiro atoms. The summed E-state index contributed by atoms with van der Waals surface area (Å²) >= 11 is 0. The molecular weight excluding hydrogens is 823 g/mol. The molecule has 3 aromatic rings. The minimum atomic E-state index is -1.10. The van der Waals surface area contributed by atoms with Crippen molar-refractivity contribution in [1.82, 2.24) is 25.8 Å². The van der Waals surface area contributed by atoms with Crippen LogP contribution in [0.15, 0.2) is 78.9 Å². The summed E-state index contributed by atoms with van der Waals surface area (Å²) < 4.78 is 17.7. The van der Waals surface area contributed by atoms with Crippen molar-refractivity contribution in [3.05, 3.63) is 95.6 Å². The number of nitrogens with zero attached hydrogens (tertiary/aromatic N) is 2. The SMILES string of the molecule is CC[C@H](C)[C@@H]([C@@H](CC(=O)N1CCC[C@H]1[C@H](OC)[C@@H](C)C(=O)NCCc1ccccc1)OC)N(C)C(=O)[C@@H](NC(=O)C(C)(C)CNC(=O)OCC1c2ccccc2-c2ccccc21)C(C)C. The van der Waals surface area contributed by atoms with Gasteiger partial charge in [0.1, 0.15) is 12.6 Å². The van der Waals surface area contributed by atoms with Crippen molar-refractivity contribution < 1.29 is 38.2 Å². The molecule has 1 saturated heterocycles. The summed E-state index contributed by atoms with van der Waals surface area (Å²) in [5.74, 6) is -1.91. The Balaban J connectivity index is 1.18. The number of hydrogen-bond acceptors (Lipinski definition) is 8. The number of benzene rings is 3. The van der Waals surface area contributed by atoms with E-state index in [2.05, 4.69) is 40.2 Å². The Morgan fingerprint density at radius 2 is 1.46 bits per heavy atom. The fourth-order valence-electron chi connectivity index (χ4n) is 9.53. The van der Waals surface area contributed by atoms with Crippen molar-refractivity contribution >= 4 is 29.7 Å². The summed E-state index contributed by atoms with van der Waals surface area (Å²) in [5, 5.41) is 8.82. The van der Waals surface area contributed by atoms with Gasteiger partial charge in [0, 0.05) is 46.8 Å². The lowest BCUT2D eigenvalue weighted by atomic mass is 9.88. The molecule has 2 aliphatic rings. The molecule has 3 aromatic carbocycles. The molecule has 0 aromatic heterocycles. The molecule has 5 amide bonds. The van der Waals surface area contributed by atoms with E-state index >= 15 is 0 Å². The van der Waals surface area contributed by atoms with Gasteiger partial charge in [-0.2, -0.15) is 0 Å². The second-order valence-corrected chi connectivity index (χ2v) is 18.9. The van der Waals surface area contributed by atoms with E-state index in [9.17, 15) is 24.0 Å². The number of hydrogen-bond donors (Lipinski definition) is 3. The Morgan fingerprint density at radius 1 is 0.846 bits per heavy atom. The number of nitrogens with one attached hydrogen (secondary N) is 3. The van der Waals surface area contributed by atoms with Gasteiger partial charge in [-0.05, 0) is 72.8 Å². The zero-order chi connectivity index (χ0) is 47.4. The van der Waals surface area contributed by atoms with Gasteiger partial charge in [-0.15, -0.1) is 0 Å². The molecule has 1 aliphatic heterocycles. The van der Waals surface area contributed by atoms with Crippen LogP contribution in [0.1, 0.15) is 96.8 Å². The van der Waals surface area contributed by atoms with Crippen LogP contribution in [0.4, 0.5) is 4.79 Å². The molecule has 13 nitrogen and oxygen atoms in total. The van der Waals surface area contributed by atoms with Crippen LogP contribution < -0.4 is 16.0 Å². The fourth-order valence-corrected chi connectivity index (χ4v) is 9.53. The first kappa shape index (κ1) is 50.7. The van der Waals surface area contributed by atoms with Crippen molar-refractivity contribution in [2.45, 2.75) is 117 Å². The number of carbonyl (C=O) groups is 5. The summed E-state index contributed by atoms with van der Waals surface area (Å²) in [4.78, 5) is 72.6. The number of likely N-dealkylation sites (N-methyl/N-ethyl adjacent to an activating group) is 1. The average Bonchev–Trinajstić information content (AvgIpc) is 3.92. The fraction of sp³-hybridized carbons (Fsp3) is 0.558. The number of ether oxygens (including phenoxy) is 3. The number of rotatable bonds is 22. The largest absolute Gasteiger partial charge is 0.449 e. The smallest absolute Gasteiger partial charge is 0.407 e. The Hall–Kier alpha value is -5.27. The van der Waals surface area contributed by atoms with Crippen LogP contribution in [0, 0.1) is 23.2 Å². The van der Waals surface area contributed by atoms with E-state index in [-0.39, 0.29) is 61.1 Å². The van der Waals surface area contributed by atoms with Gasteiger partial charge in [0.05, 0.1) is 42.0 Å². The predicted octanol–water partition coefficient (Wildman–Crippen LogP) is 6.97. The maximum absolute atomic E-state index is 14.5. The molecule has 1 fully saturated rings. The number of carbonyl (C=O) groups excluding carboxylic acids is 5. The highest BCUT2D eigenvalue weighted by Gasteiger charge is 2.43. The summed E-state index contributed by atoms with van der Waals surface area (Å²) in [6.07, 6.45) is 1.10.